The van der Waals surface area contributed by atoms with Gasteiger partial charge in [0.2, 0.25) is 17.7 Å². The van der Waals surface area contributed by atoms with Crippen LogP contribution in [0.15, 0.2) is 48.5 Å². The summed E-state index contributed by atoms with van der Waals surface area (Å²) in [5, 5.41) is 8.61. The van der Waals surface area contributed by atoms with E-state index >= 15 is 0 Å². The Kier molecular flexibility index (Phi) is 6.65. The van der Waals surface area contributed by atoms with E-state index in [1.165, 1.54) is 6.92 Å². The van der Waals surface area contributed by atoms with Gasteiger partial charge in [0.25, 0.3) is 0 Å². The number of carbonyl (C=O) groups is 3. The molecule has 3 rings (SSSR count). The molecule has 0 spiro atoms. The molecule has 1 aliphatic rings. The van der Waals surface area contributed by atoms with Gasteiger partial charge >= 0.3 is 0 Å². The first-order valence-corrected chi connectivity index (χ1v) is 9.97. The van der Waals surface area contributed by atoms with Gasteiger partial charge in [0.05, 0.1) is 0 Å². The average molecular weight is 393 g/mol. The first-order valence-electron chi connectivity index (χ1n) is 9.97. The maximum absolute atomic E-state index is 12.6. The maximum Gasteiger partial charge on any atom is 0.227 e. The van der Waals surface area contributed by atoms with Gasteiger partial charge in [-0.25, -0.2) is 0 Å². The number of aryl methyl sites for hydroxylation is 1. The summed E-state index contributed by atoms with van der Waals surface area (Å²) >= 11 is 0. The zero-order valence-electron chi connectivity index (χ0n) is 16.8. The molecule has 0 bridgehead atoms. The van der Waals surface area contributed by atoms with Gasteiger partial charge in [-0.15, -0.1) is 0 Å². The summed E-state index contributed by atoms with van der Waals surface area (Å²) in [6.45, 7) is 3.44. The van der Waals surface area contributed by atoms with Gasteiger partial charge < -0.3 is 16.0 Å². The minimum absolute atomic E-state index is 0.0187. The normalized spacial score (nSPS) is 18.6. The second kappa shape index (κ2) is 9.37. The molecular formula is C23H27N3O3. The van der Waals surface area contributed by atoms with Crippen molar-refractivity contribution in [2.24, 2.45) is 11.8 Å². The fraction of sp³-hybridized carbons (Fsp3) is 0.348. The van der Waals surface area contributed by atoms with E-state index in [1.807, 2.05) is 31.2 Å². The molecule has 3 amide bonds. The molecule has 0 heterocycles. The third-order valence-electron chi connectivity index (χ3n) is 5.23. The van der Waals surface area contributed by atoms with Crippen molar-refractivity contribution in [1.29, 1.82) is 0 Å². The smallest absolute Gasteiger partial charge is 0.227 e. The summed E-state index contributed by atoms with van der Waals surface area (Å²) in [6, 6.07) is 14.8. The third kappa shape index (κ3) is 5.91. The molecule has 0 unspecified atom stereocenters. The van der Waals surface area contributed by atoms with Gasteiger partial charge in [-0.05, 0) is 74.6 Å². The van der Waals surface area contributed by atoms with Crippen LogP contribution < -0.4 is 16.0 Å². The molecule has 152 valence electrons. The zero-order valence-corrected chi connectivity index (χ0v) is 16.8. The largest absolute Gasteiger partial charge is 0.326 e. The molecular weight excluding hydrogens is 366 g/mol. The summed E-state index contributed by atoms with van der Waals surface area (Å²) in [7, 11) is 0. The van der Waals surface area contributed by atoms with Crippen LogP contribution in [-0.4, -0.2) is 17.7 Å². The Bertz CT molecular complexity index is 884. The fourth-order valence-corrected chi connectivity index (χ4v) is 3.67. The summed E-state index contributed by atoms with van der Waals surface area (Å²) in [5.41, 5.74) is 3.31. The van der Waals surface area contributed by atoms with Gasteiger partial charge in [0, 0.05) is 35.8 Å². The number of anilines is 3. The van der Waals surface area contributed by atoms with Crippen LogP contribution in [0.3, 0.4) is 0 Å². The van der Waals surface area contributed by atoms with Crippen LogP contribution in [0.25, 0.3) is 0 Å². The lowest BCUT2D eigenvalue weighted by Crippen LogP contribution is -2.32. The number of benzene rings is 2. The lowest BCUT2D eigenvalue weighted by Gasteiger charge is -2.27. The monoisotopic (exact) mass is 393 g/mol. The van der Waals surface area contributed by atoms with Crippen molar-refractivity contribution in [2.75, 3.05) is 16.0 Å². The lowest BCUT2D eigenvalue weighted by atomic mass is 9.81. The Labute approximate surface area is 171 Å². The molecule has 6 heteroatoms. The second-order valence-corrected chi connectivity index (χ2v) is 7.66. The highest BCUT2D eigenvalue weighted by Crippen LogP contribution is 2.30. The van der Waals surface area contributed by atoms with Gasteiger partial charge in [-0.3, -0.25) is 14.4 Å². The molecule has 6 nitrogen and oxygen atoms in total. The molecule has 0 aliphatic heterocycles. The Hall–Kier alpha value is -3.15. The van der Waals surface area contributed by atoms with Crippen molar-refractivity contribution in [3.05, 3.63) is 54.1 Å². The van der Waals surface area contributed by atoms with E-state index in [4.69, 9.17) is 0 Å². The highest BCUT2D eigenvalue weighted by Gasteiger charge is 2.30. The van der Waals surface area contributed by atoms with Crippen molar-refractivity contribution in [3.63, 3.8) is 0 Å². The highest BCUT2D eigenvalue weighted by molar-refractivity contribution is 5.95. The molecule has 2 aromatic rings. The minimum Gasteiger partial charge on any atom is -0.326 e. The van der Waals surface area contributed by atoms with E-state index in [-0.39, 0.29) is 29.6 Å². The number of hydrogen-bond donors (Lipinski definition) is 3. The Balaban J connectivity index is 1.47. The summed E-state index contributed by atoms with van der Waals surface area (Å²) < 4.78 is 0. The molecule has 0 aromatic heterocycles. The number of nitrogens with one attached hydrogen (secondary N) is 3. The van der Waals surface area contributed by atoms with Gasteiger partial charge in [-0.2, -0.15) is 0 Å². The van der Waals surface area contributed by atoms with Gasteiger partial charge in [0.1, 0.15) is 0 Å². The molecule has 1 fully saturated rings. The first kappa shape index (κ1) is 20.6. The summed E-state index contributed by atoms with van der Waals surface area (Å²) in [5.74, 6) is -0.271. The Morgan fingerprint density at radius 3 is 1.69 bits per heavy atom. The predicted octanol–water partition coefficient (Wildman–Crippen LogP) is 4.34. The Morgan fingerprint density at radius 2 is 1.21 bits per heavy atom. The molecule has 3 N–H and O–H groups in total. The van der Waals surface area contributed by atoms with Crippen LogP contribution in [0, 0.1) is 18.8 Å². The average Bonchev–Trinajstić information content (AvgIpc) is 2.69. The third-order valence-corrected chi connectivity index (χ3v) is 5.23. The van der Waals surface area contributed by atoms with Crippen LogP contribution in [0.5, 0.6) is 0 Å². The Morgan fingerprint density at radius 1 is 0.724 bits per heavy atom. The van der Waals surface area contributed by atoms with E-state index in [9.17, 15) is 14.4 Å². The highest BCUT2D eigenvalue weighted by atomic mass is 16.2. The van der Waals surface area contributed by atoms with Crippen molar-refractivity contribution >= 4 is 34.8 Å². The molecule has 29 heavy (non-hydrogen) atoms. The quantitative estimate of drug-likeness (QED) is 0.706. The van der Waals surface area contributed by atoms with Crippen molar-refractivity contribution in [3.8, 4) is 0 Å². The van der Waals surface area contributed by atoms with Crippen molar-refractivity contribution in [2.45, 2.75) is 39.5 Å². The van der Waals surface area contributed by atoms with Crippen LogP contribution in [0.2, 0.25) is 0 Å². The van der Waals surface area contributed by atoms with Crippen LogP contribution in [0.1, 0.15) is 38.2 Å². The van der Waals surface area contributed by atoms with Crippen LogP contribution in [-0.2, 0) is 14.4 Å². The van der Waals surface area contributed by atoms with Gasteiger partial charge in [0.15, 0.2) is 0 Å². The zero-order chi connectivity index (χ0) is 20.8. The lowest BCUT2D eigenvalue weighted by molar-refractivity contribution is -0.125. The topological polar surface area (TPSA) is 87.3 Å². The SMILES string of the molecule is CC(=O)Nc1ccc(NC(=O)C2CCC(C(=O)Nc3cccc(C)c3)CC2)cc1. The van der Waals surface area contributed by atoms with Gasteiger partial charge in [-0.1, -0.05) is 12.1 Å². The van der Waals surface area contributed by atoms with E-state index in [1.54, 1.807) is 24.3 Å². The summed E-state index contributed by atoms with van der Waals surface area (Å²) in [4.78, 5) is 36.1. The molecule has 0 radical (unpaired) electrons. The molecule has 0 atom stereocenters. The minimum atomic E-state index is -0.134. The van der Waals surface area contributed by atoms with E-state index in [0.29, 0.717) is 37.1 Å². The molecule has 0 saturated heterocycles. The molecule has 1 saturated carbocycles. The van der Waals surface area contributed by atoms with Crippen molar-refractivity contribution in [1.82, 2.24) is 0 Å². The molecule has 1 aliphatic carbocycles. The fourth-order valence-electron chi connectivity index (χ4n) is 3.67. The summed E-state index contributed by atoms with van der Waals surface area (Å²) in [6.07, 6.45) is 2.80. The standard InChI is InChI=1S/C23H27N3O3/c1-15-4-3-5-21(14-15)26-23(29)18-8-6-17(7-9-18)22(28)25-20-12-10-19(11-13-20)24-16(2)27/h3-5,10-14,17-18H,6-9H2,1-2H3,(H,24,27)(H,25,28)(H,26,29). The van der Waals surface area contributed by atoms with Crippen LogP contribution in [0.4, 0.5) is 17.1 Å². The number of hydrogen-bond acceptors (Lipinski definition) is 3. The predicted molar refractivity (Wildman–Crippen MR) is 115 cm³/mol. The van der Waals surface area contributed by atoms with Crippen molar-refractivity contribution < 1.29 is 14.4 Å². The first-order chi connectivity index (χ1) is 13.9. The van der Waals surface area contributed by atoms with Crippen LogP contribution >= 0.6 is 0 Å². The number of rotatable bonds is 5. The van der Waals surface area contributed by atoms with E-state index in [0.717, 1.165) is 11.3 Å². The molecule has 2 aromatic carbocycles. The second-order valence-electron chi connectivity index (χ2n) is 7.66. The number of carbonyl (C=O) groups excluding carboxylic acids is 3. The van der Waals surface area contributed by atoms with E-state index < -0.39 is 0 Å². The van der Waals surface area contributed by atoms with E-state index in [2.05, 4.69) is 16.0 Å². The maximum atomic E-state index is 12.6. The number of amides is 3.